The van der Waals surface area contributed by atoms with Crippen molar-refractivity contribution in [2.24, 2.45) is 5.92 Å². The van der Waals surface area contributed by atoms with Crippen molar-refractivity contribution in [2.75, 3.05) is 38.5 Å². The summed E-state index contributed by atoms with van der Waals surface area (Å²) >= 11 is 2.11. The van der Waals surface area contributed by atoms with Crippen LogP contribution < -0.4 is 5.32 Å². The Labute approximate surface area is 106 Å². The molecule has 1 rings (SSSR count). The Morgan fingerprint density at radius 3 is 2.88 bits per heavy atom. The Hall–Kier alpha value is 0.270. The van der Waals surface area contributed by atoms with Crippen LogP contribution in [0.1, 0.15) is 33.6 Å². The van der Waals surface area contributed by atoms with Crippen LogP contribution in [0.25, 0.3) is 0 Å². The van der Waals surface area contributed by atoms with Crippen LogP contribution in [0.3, 0.4) is 0 Å². The number of hydrogen-bond acceptors (Lipinski definition) is 3. The zero-order chi connectivity index (χ0) is 11.8. The molecule has 0 aromatic rings. The third kappa shape index (κ3) is 6.77. The van der Waals surface area contributed by atoms with Gasteiger partial charge in [-0.15, -0.1) is 0 Å². The van der Waals surface area contributed by atoms with Gasteiger partial charge < -0.3 is 10.2 Å². The first kappa shape index (κ1) is 14.3. The van der Waals surface area contributed by atoms with E-state index in [0.717, 1.165) is 17.7 Å². The molecule has 1 aliphatic rings. The van der Waals surface area contributed by atoms with E-state index in [0.29, 0.717) is 0 Å². The van der Waals surface area contributed by atoms with Gasteiger partial charge in [0, 0.05) is 37.2 Å². The van der Waals surface area contributed by atoms with Gasteiger partial charge in [-0.25, -0.2) is 0 Å². The summed E-state index contributed by atoms with van der Waals surface area (Å²) in [6, 6.07) is 0. The van der Waals surface area contributed by atoms with E-state index in [4.69, 9.17) is 0 Å². The van der Waals surface area contributed by atoms with Crippen LogP contribution in [0.2, 0.25) is 0 Å². The van der Waals surface area contributed by atoms with E-state index in [-0.39, 0.29) is 0 Å². The van der Waals surface area contributed by atoms with Gasteiger partial charge in [0.1, 0.15) is 0 Å². The third-order valence-corrected chi connectivity index (χ3v) is 4.20. The molecule has 1 fully saturated rings. The third-order valence-electron chi connectivity index (χ3n) is 3.07. The molecule has 0 radical (unpaired) electrons. The fraction of sp³-hybridized carbons (Fsp3) is 1.00. The first-order chi connectivity index (χ1) is 7.68. The van der Waals surface area contributed by atoms with Crippen LogP contribution in [0.4, 0.5) is 0 Å². The average Bonchev–Trinajstić information content (AvgIpc) is 2.23. The van der Waals surface area contributed by atoms with Gasteiger partial charge in [0.15, 0.2) is 0 Å². The molecular formula is C13H28N2S. The van der Waals surface area contributed by atoms with E-state index in [1.807, 2.05) is 0 Å². The lowest BCUT2D eigenvalue weighted by Gasteiger charge is -2.30. The van der Waals surface area contributed by atoms with Crippen LogP contribution in [0.5, 0.6) is 0 Å². The van der Waals surface area contributed by atoms with Gasteiger partial charge >= 0.3 is 0 Å². The molecule has 0 saturated carbocycles. The minimum Gasteiger partial charge on any atom is -0.315 e. The normalized spacial score (nSPS) is 22.9. The summed E-state index contributed by atoms with van der Waals surface area (Å²) in [6.45, 7) is 13.1. The topological polar surface area (TPSA) is 15.3 Å². The first-order valence-corrected chi connectivity index (χ1v) is 7.78. The maximum Gasteiger partial charge on any atom is 0.0147 e. The molecule has 1 unspecified atom stereocenters. The van der Waals surface area contributed by atoms with Gasteiger partial charge in [-0.3, -0.25) is 0 Å². The number of nitrogens with zero attached hydrogens (tertiary/aromatic N) is 1. The molecule has 16 heavy (non-hydrogen) atoms. The lowest BCUT2D eigenvalue weighted by molar-refractivity contribution is 0.285. The summed E-state index contributed by atoms with van der Waals surface area (Å²) in [7, 11) is 0. The van der Waals surface area contributed by atoms with Crippen LogP contribution in [-0.2, 0) is 0 Å². The monoisotopic (exact) mass is 244 g/mol. The number of rotatable bonds is 7. The predicted octanol–water partition coefficient (Wildman–Crippen LogP) is 2.45. The lowest BCUT2D eigenvalue weighted by atomic mass is 10.1. The molecule has 0 aromatic heterocycles. The van der Waals surface area contributed by atoms with E-state index in [1.54, 1.807) is 0 Å². The largest absolute Gasteiger partial charge is 0.315 e. The first-order valence-electron chi connectivity index (χ1n) is 6.73. The highest BCUT2D eigenvalue weighted by atomic mass is 32.2. The molecule has 3 heteroatoms. The van der Waals surface area contributed by atoms with Crippen LogP contribution in [0, 0.1) is 5.92 Å². The van der Waals surface area contributed by atoms with Gasteiger partial charge in [-0.05, 0) is 25.3 Å². The van der Waals surface area contributed by atoms with Crippen molar-refractivity contribution in [3.8, 4) is 0 Å². The van der Waals surface area contributed by atoms with Crippen molar-refractivity contribution in [2.45, 2.75) is 38.9 Å². The van der Waals surface area contributed by atoms with Crippen LogP contribution in [0.15, 0.2) is 0 Å². The van der Waals surface area contributed by atoms with Crippen molar-refractivity contribution >= 4 is 11.8 Å². The van der Waals surface area contributed by atoms with E-state index in [1.165, 1.54) is 44.8 Å². The zero-order valence-corrected chi connectivity index (χ0v) is 12.0. The molecule has 2 nitrogen and oxygen atoms in total. The molecule has 0 aliphatic carbocycles. The number of hydrogen-bond donors (Lipinski definition) is 1. The molecular weight excluding hydrogens is 216 g/mol. The van der Waals surface area contributed by atoms with Crippen molar-refractivity contribution in [3.05, 3.63) is 0 Å². The Kier molecular flexibility index (Phi) is 7.50. The molecule has 96 valence electrons. The van der Waals surface area contributed by atoms with Crippen molar-refractivity contribution in [1.82, 2.24) is 10.2 Å². The Morgan fingerprint density at radius 2 is 2.19 bits per heavy atom. The maximum absolute atomic E-state index is 3.55. The molecule has 1 atom stereocenters. The SMILES string of the molecule is CC(C)CCCNCCN1CCSC(C)C1. The predicted molar refractivity (Wildman–Crippen MR) is 75.3 cm³/mol. The average molecular weight is 244 g/mol. The molecule has 0 spiro atoms. The molecule has 1 N–H and O–H groups in total. The minimum absolute atomic E-state index is 0.828. The summed E-state index contributed by atoms with van der Waals surface area (Å²) < 4.78 is 0. The number of thioether (sulfide) groups is 1. The quantitative estimate of drug-likeness (QED) is 0.693. The summed E-state index contributed by atoms with van der Waals surface area (Å²) in [5.74, 6) is 2.16. The van der Waals surface area contributed by atoms with Crippen LogP contribution >= 0.6 is 11.8 Å². The second-order valence-corrected chi connectivity index (χ2v) is 6.81. The Bertz CT molecular complexity index is 173. The second kappa shape index (κ2) is 8.37. The minimum atomic E-state index is 0.828. The van der Waals surface area contributed by atoms with Gasteiger partial charge in [0.25, 0.3) is 0 Å². The Balaban J connectivity index is 1.90. The molecule has 1 aliphatic heterocycles. The van der Waals surface area contributed by atoms with Gasteiger partial charge in [0.2, 0.25) is 0 Å². The maximum atomic E-state index is 3.55. The number of nitrogens with one attached hydrogen (secondary N) is 1. The summed E-state index contributed by atoms with van der Waals surface area (Å²) in [5.41, 5.74) is 0. The van der Waals surface area contributed by atoms with Crippen molar-refractivity contribution in [1.29, 1.82) is 0 Å². The summed E-state index contributed by atoms with van der Waals surface area (Å²) in [5, 5.41) is 4.38. The Morgan fingerprint density at radius 1 is 1.38 bits per heavy atom. The molecule has 1 saturated heterocycles. The molecule has 0 aromatic carbocycles. The highest BCUT2D eigenvalue weighted by Crippen LogP contribution is 2.16. The molecule has 0 bridgehead atoms. The van der Waals surface area contributed by atoms with Gasteiger partial charge in [-0.1, -0.05) is 20.8 Å². The molecule has 0 amide bonds. The van der Waals surface area contributed by atoms with Crippen LogP contribution in [-0.4, -0.2) is 48.6 Å². The van der Waals surface area contributed by atoms with Crippen molar-refractivity contribution in [3.63, 3.8) is 0 Å². The fourth-order valence-electron chi connectivity index (χ4n) is 2.09. The molecule has 1 heterocycles. The van der Waals surface area contributed by atoms with Crippen molar-refractivity contribution < 1.29 is 0 Å². The van der Waals surface area contributed by atoms with E-state index >= 15 is 0 Å². The zero-order valence-electron chi connectivity index (χ0n) is 11.2. The highest BCUT2D eigenvalue weighted by molar-refractivity contribution is 7.99. The van der Waals surface area contributed by atoms with Gasteiger partial charge in [-0.2, -0.15) is 11.8 Å². The van der Waals surface area contributed by atoms with E-state index < -0.39 is 0 Å². The summed E-state index contributed by atoms with van der Waals surface area (Å²) in [4.78, 5) is 2.59. The second-order valence-electron chi connectivity index (χ2n) is 5.27. The standard InChI is InChI=1S/C13H28N2S/c1-12(2)5-4-6-14-7-8-15-9-10-16-13(3)11-15/h12-14H,4-11H2,1-3H3. The highest BCUT2D eigenvalue weighted by Gasteiger charge is 2.15. The lowest BCUT2D eigenvalue weighted by Crippen LogP contribution is -2.40. The fourth-order valence-corrected chi connectivity index (χ4v) is 3.17. The smallest absolute Gasteiger partial charge is 0.0147 e. The summed E-state index contributed by atoms with van der Waals surface area (Å²) in [6.07, 6.45) is 2.67. The van der Waals surface area contributed by atoms with E-state index in [9.17, 15) is 0 Å². The van der Waals surface area contributed by atoms with E-state index in [2.05, 4.69) is 42.7 Å². The van der Waals surface area contributed by atoms with Gasteiger partial charge in [0.05, 0.1) is 0 Å².